The monoisotopic (exact) mass is 1080 g/mol. The van der Waals surface area contributed by atoms with Crippen molar-refractivity contribution in [1.82, 2.24) is 5.32 Å². The van der Waals surface area contributed by atoms with Crippen LogP contribution in [-0.2, 0) is 14.3 Å². The average Bonchev–Trinajstić information content (AvgIpc) is 3.42. The van der Waals surface area contributed by atoms with E-state index in [1.54, 1.807) is 0 Å². The molecule has 76 heavy (non-hydrogen) atoms. The number of aliphatic hydroxyl groups excluding tert-OH is 7. The molecule has 0 spiro atoms. The molecule has 0 aromatic heterocycles. The van der Waals surface area contributed by atoms with Gasteiger partial charge in [-0.2, -0.15) is 0 Å². The normalized spacial score (nSPS) is 19.9. The van der Waals surface area contributed by atoms with Gasteiger partial charge in [-0.25, -0.2) is 0 Å². The van der Waals surface area contributed by atoms with E-state index in [-0.39, 0.29) is 12.8 Å². The summed E-state index contributed by atoms with van der Waals surface area (Å²) in [5.74, 6) is -0.709. The quantitative estimate of drug-likeness (QED) is 0.0215. The maximum atomic E-state index is 13.2. The molecule has 1 rings (SSSR count). The van der Waals surface area contributed by atoms with Crippen LogP contribution in [0, 0.1) is 0 Å². The van der Waals surface area contributed by atoms with Gasteiger partial charge in [-0.05, 0) is 83.5 Å². The lowest BCUT2D eigenvalue weighted by Crippen LogP contribution is -2.60. The topological polar surface area (TPSA) is 189 Å². The fourth-order valence-electron chi connectivity index (χ4n) is 10.1. The first-order valence-electron chi connectivity index (χ1n) is 32.0. The summed E-state index contributed by atoms with van der Waals surface area (Å²) in [5.41, 5.74) is 0. The van der Waals surface area contributed by atoms with Crippen molar-refractivity contribution in [3.8, 4) is 0 Å². The molecule has 8 N–H and O–H groups in total. The summed E-state index contributed by atoms with van der Waals surface area (Å²) >= 11 is 0. The molecule has 0 aromatic carbocycles. The van der Waals surface area contributed by atoms with Gasteiger partial charge in [-0.15, -0.1) is 0 Å². The van der Waals surface area contributed by atoms with Crippen molar-refractivity contribution in [1.29, 1.82) is 0 Å². The third-order valence-corrected chi connectivity index (χ3v) is 15.3. The van der Waals surface area contributed by atoms with Gasteiger partial charge in [0.15, 0.2) is 6.29 Å². The SMILES string of the molecule is CCCCCCCC/C=C/CC/C=C/CCCC(O)C(O)C(COC1OC(CO)C(O)C(O)C1O)NC(=O)C(O)CCCCCCCCCCCCCCCCCC/C=C\C/C=C\CCCCCCCCCCCCC. The van der Waals surface area contributed by atoms with Crippen molar-refractivity contribution in [2.75, 3.05) is 13.2 Å². The molecule has 0 radical (unpaired) electrons. The van der Waals surface area contributed by atoms with Gasteiger partial charge in [0.25, 0.3) is 0 Å². The van der Waals surface area contributed by atoms with Crippen LogP contribution in [0.5, 0.6) is 0 Å². The van der Waals surface area contributed by atoms with Crippen LogP contribution in [0.3, 0.4) is 0 Å². The van der Waals surface area contributed by atoms with Gasteiger partial charge in [0.2, 0.25) is 5.91 Å². The minimum atomic E-state index is -1.67. The number of allylic oxidation sites excluding steroid dienone is 8. The number of hydrogen-bond acceptors (Lipinski definition) is 10. The Morgan fingerprint density at radius 2 is 0.829 bits per heavy atom. The highest BCUT2D eigenvalue weighted by Crippen LogP contribution is 2.23. The first-order valence-corrected chi connectivity index (χ1v) is 32.0. The first kappa shape index (κ1) is 72.1. The highest BCUT2D eigenvalue weighted by atomic mass is 16.7. The predicted molar refractivity (Wildman–Crippen MR) is 316 cm³/mol. The van der Waals surface area contributed by atoms with E-state index in [0.717, 1.165) is 44.9 Å². The highest BCUT2D eigenvalue weighted by molar-refractivity contribution is 5.80. The molecular weight excluding hydrogens is 955 g/mol. The van der Waals surface area contributed by atoms with Crippen molar-refractivity contribution >= 4 is 5.91 Å². The molecule has 1 saturated heterocycles. The molecule has 0 bridgehead atoms. The van der Waals surface area contributed by atoms with Gasteiger partial charge in [0, 0.05) is 0 Å². The fraction of sp³-hybridized carbons (Fsp3) is 0.862. The Kier molecular flexibility index (Phi) is 50.9. The van der Waals surface area contributed by atoms with Gasteiger partial charge >= 0.3 is 0 Å². The Hall–Kier alpha value is -1.93. The third-order valence-electron chi connectivity index (χ3n) is 15.3. The van der Waals surface area contributed by atoms with Crippen LogP contribution in [0.25, 0.3) is 0 Å². The van der Waals surface area contributed by atoms with E-state index in [9.17, 15) is 40.5 Å². The second kappa shape index (κ2) is 53.7. The number of aliphatic hydroxyl groups is 7. The van der Waals surface area contributed by atoms with Crippen LogP contribution in [-0.4, -0.2) is 110 Å². The standard InChI is InChI=1S/C65H121NO10/c1-3-5-7-9-11-13-15-17-19-20-21-22-23-24-25-26-27-28-29-30-31-32-33-34-35-36-37-39-41-43-45-47-49-51-53-58(69)64(74)66-56(55-75-65-63(73)62(72)61(71)59(54-67)76-65)60(70)57(68)52-50-48-46-44-42-40-38-18-16-14-12-10-8-6-4-2/h18,23-24,26-27,38,44,46,56-63,65,67-73H,3-17,19-22,25,28-37,39-43,45,47-55H2,1-2H3,(H,66,74)/b24-23-,27-26-,38-18+,46-44+. The predicted octanol–water partition coefficient (Wildman–Crippen LogP) is 14.4. The molecule has 1 heterocycles. The molecule has 0 aromatic rings. The molecule has 1 aliphatic heterocycles. The summed E-state index contributed by atoms with van der Waals surface area (Å²) in [6, 6.07) is -1.19. The molecular formula is C65H121NO10. The van der Waals surface area contributed by atoms with E-state index >= 15 is 0 Å². The Morgan fingerprint density at radius 3 is 1.25 bits per heavy atom. The lowest BCUT2D eigenvalue weighted by Gasteiger charge is -2.40. The second-order valence-electron chi connectivity index (χ2n) is 22.5. The molecule has 1 aliphatic rings. The highest BCUT2D eigenvalue weighted by Gasteiger charge is 2.44. The number of nitrogens with one attached hydrogen (secondary N) is 1. The van der Waals surface area contributed by atoms with Gasteiger partial charge in [0.05, 0.1) is 25.4 Å². The molecule has 0 saturated carbocycles. The van der Waals surface area contributed by atoms with Crippen molar-refractivity contribution < 1.29 is 50.0 Å². The van der Waals surface area contributed by atoms with E-state index < -0.39 is 74.2 Å². The largest absolute Gasteiger partial charge is 0.394 e. The lowest BCUT2D eigenvalue weighted by molar-refractivity contribution is -0.303. The Bertz CT molecular complexity index is 1370. The van der Waals surface area contributed by atoms with Gasteiger partial charge in [-0.3, -0.25) is 4.79 Å². The Morgan fingerprint density at radius 1 is 0.461 bits per heavy atom. The molecule has 9 unspecified atom stereocenters. The molecule has 446 valence electrons. The summed E-state index contributed by atoms with van der Waals surface area (Å²) in [4.78, 5) is 13.2. The zero-order valence-electron chi connectivity index (χ0n) is 49.0. The molecule has 9 atom stereocenters. The summed E-state index contributed by atoms with van der Waals surface area (Å²) < 4.78 is 11.1. The first-order chi connectivity index (χ1) is 37.2. The maximum absolute atomic E-state index is 13.2. The maximum Gasteiger partial charge on any atom is 0.249 e. The lowest BCUT2D eigenvalue weighted by atomic mass is 9.98. The number of rotatable bonds is 55. The number of amides is 1. The van der Waals surface area contributed by atoms with Crippen molar-refractivity contribution in [2.45, 2.75) is 345 Å². The third kappa shape index (κ3) is 41.1. The molecule has 0 aliphatic carbocycles. The Balaban J connectivity index is 2.19. The van der Waals surface area contributed by atoms with Crippen LogP contribution in [0.1, 0.15) is 290 Å². The van der Waals surface area contributed by atoms with Crippen LogP contribution in [0.2, 0.25) is 0 Å². The molecule has 1 fully saturated rings. The summed E-state index contributed by atoms with van der Waals surface area (Å²) in [6.07, 6.45) is 57.7. The van der Waals surface area contributed by atoms with Crippen molar-refractivity contribution in [3.63, 3.8) is 0 Å². The van der Waals surface area contributed by atoms with Crippen molar-refractivity contribution in [2.24, 2.45) is 0 Å². The second-order valence-corrected chi connectivity index (χ2v) is 22.5. The number of carbonyl (C=O) groups excluding carboxylic acids is 1. The van der Waals surface area contributed by atoms with Crippen LogP contribution in [0.15, 0.2) is 48.6 Å². The molecule has 1 amide bonds. The van der Waals surface area contributed by atoms with E-state index in [2.05, 4.69) is 67.8 Å². The zero-order chi connectivity index (χ0) is 55.4. The Labute approximate surface area is 466 Å². The van der Waals surface area contributed by atoms with Gasteiger partial charge in [-0.1, -0.05) is 255 Å². The summed E-state index contributed by atoms with van der Waals surface area (Å²) in [7, 11) is 0. The van der Waals surface area contributed by atoms with E-state index in [0.29, 0.717) is 19.3 Å². The minimum absolute atomic E-state index is 0.246. The van der Waals surface area contributed by atoms with Crippen LogP contribution in [0.4, 0.5) is 0 Å². The summed E-state index contributed by atoms with van der Waals surface area (Å²) in [5, 5.41) is 76.1. The minimum Gasteiger partial charge on any atom is -0.394 e. The van der Waals surface area contributed by atoms with Gasteiger partial charge < -0.3 is 50.5 Å². The van der Waals surface area contributed by atoms with Crippen LogP contribution < -0.4 is 5.32 Å². The number of ether oxygens (including phenoxy) is 2. The smallest absolute Gasteiger partial charge is 0.249 e. The molecule has 11 heteroatoms. The number of unbranched alkanes of at least 4 members (excludes halogenated alkanes) is 35. The van der Waals surface area contributed by atoms with Crippen molar-refractivity contribution in [3.05, 3.63) is 48.6 Å². The summed E-state index contributed by atoms with van der Waals surface area (Å²) in [6.45, 7) is 3.44. The number of carbonyl (C=O) groups is 1. The number of hydrogen-bond donors (Lipinski definition) is 8. The average molecular weight is 1080 g/mol. The van der Waals surface area contributed by atoms with E-state index in [1.165, 1.54) is 199 Å². The van der Waals surface area contributed by atoms with E-state index in [1.807, 2.05) is 0 Å². The van der Waals surface area contributed by atoms with E-state index in [4.69, 9.17) is 9.47 Å². The zero-order valence-corrected chi connectivity index (χ0v) is 49.0. The molecule has 11 nitrogen and oxygen atoms in total. The van der Waals surface area contributed by atoms with Gasteiger partial charge in [0.1, 0.15) is 36.6 Å². The van der Waals surface area contributed by atoms with Crippen LogP contribution >= 0.6 is 0 Å². The fourth-order valence-corrected chi connectivity index (χ4v) is 10.1.